The van der Waals surface area contributed by atoms with Crippen molar-refractivity contribution < 1.29 is 13.2 Å². The van der Waals surface area contributed by atoms with E-state index in [2.05, 4.69) is 26.0 Å². The lowest BCUT2D eigenvalue weighted by molar-refractivity contribution is -0.115. The summed E-state index contributed by atoms with van der Waals surface area (Å²) in [5.74, 6) is -0.137. The third-order valence-corrected chi connectivity index (χ3v) is 5.51. The molecule has 2 rings (SSSR count). The van der Waals surface area contributed by atoms with Crippen LogP contribution >= 0.6 is 15.9 Å². The number of rotatable bonds is 5. The van der Waals surface area contributed by atoms with E-state index in [9.17, 15) is 13.2 Å². The molecule has 8 heteroatoms. The number of hydrogen-bond donors (Lipinski definition) is 3. The van der Waals surface area contributed by atoms with Crippen molar-refractivity contribution >= 4 is 37.5 Å². The lowest BCUT2D eigenvalue weighted by atomic mass is 10.2. The number of fused-ring (bicyclic) bond motifs is 1. The summed E-state index contributed by atoms with van der Waals surface area (Å²) in [6, 6.07) is 2.90. The summed E-state index contributed by atoms with van der Waals surface area (Å²) in [5, 5.41) is 2.67. The minimum atomic E-state index is -3.65. The number of carbonyl (C=O) groups is 1. The van der Waals surface area contributed by atoms with E-state index in [0.29, 0.717) is 22.1 Å². The van der Waals surface area contributed by atoms with Crippen LogP contribution in [-0.4, -0.2) is 26.9 Å². The van der Waals surface area contributed by atoms with E-state index in [1.165, 1.54) is 6.07 Å². The normalized spacial score (nSPS) is 15.8. The third-order valence-electron chi connectivity index (χ3n) is 3.13. The molecule has 0 spiro atoms. The number of sulfonamides is 1. The van der Waals surface area contributed by atoms with E-state index in [1.807, 2.05) is 6.92 Å². The Labute approximate surface area is 126 Å². The Morgan fingerprint density at radius 3 is 2.85 bits per heavy atom. The molecule has 0 saturated heterocycles. The zero-order valence-electron chi connectivity index (χ0n) is 10.9. The van der Waals surface area contributed by atoms with Gasteiger partial charge < -0.3 is 11.1 Å². The summed E-state index contributed by atoms with van der Waals surface area (Å²) in [7, 11) is -3.65. The second kappa shape index (κ2) is 5.80. The van der Waals surface area contributed by atoms with Crippen LogP contribution in [0.1, 0.15) is 18.9 Å². The van der Waals surface area contributed by atoms with E-state index in [0.717, 1.165) is 0 Å². The predicted octanol–water partition coefficient (Wildman–Crippen LogP) is 0.959. The Bertz CT molecular complexity index is 646. The van der Waals surface area contributed by atoms with Crippen molar-refractivity contribution in [2.24, 2.45) is 5.73 Å². The Kier molecular flexibility index (Phi) is 4.48. The average Bonchev–Trinajstić information content (AvgIpc) is 2.74. The van der Waals surface area contributed by atoms with Crippen molar-refractivity contribution in [1.29, 1.82) is 0 Å². The quantitative estimate of drug-likeness (QED) is 0.726. The largest absolute Gasteiger partial charge is 0.327 e. The molecular formula is C12H16BrN3O3S. The van der Waals surface area contributed by atoms with E-state index in [-0.39, 0.29) is 29.8 Å². The fourth-order valence-electron chi connectivity index (χ4n) is 1.87. The number of nitrogens with one attached hydrogen (secondary N) is 2. The predicted molar refractivity (Wildman–Crippen MR) is 79.9 cm³/mol. The molecule has 20 heavy (non-hydrogen) atoms. The molecule has 0 aliphatic carbocycles. The molecule has 0 bridgehead atoms. The second-order valence-electron chi connectivity index (χ2n) is 4.68. The highest BCUT2D eigenvalue weighted by Gasteiger charge is 2.24. The van der Waals surface area contributed by atoms with E-state index < -0.39 is 10.0 Å². The maximum Gasteiger partial charge on any atom is 0.241 e. The summed E-state index contributed by atoms with van der Waals surface area (Å²) < 4.78 is 27.4. The molecule has 0 radical (unpaired) electrons. The van der Waals surface area contributed by atoms with Crippen molar-refractivity contribution in [3.05, 3.63) is 22.2 Å². The summed E-state index contributed by atoms with van der Waals surface area (Å²) in [6.45, 7) is 2.07. The van der Waals surface area contributed by atoms with Gasteiger partial charge in [0.05, 0.1) is 11.3 Å². The monoisotopic (exact) mass is 361 g/mol. The lowest BCUT2D eigenvalue weighted by Crippen LogP contribution is -2.36. The Balaban J connectivity index is 2.29. The van der Waals surface area contributed by atoms with Crippen LogP contribution in [0.25, 0.3) is 0 Å². The van der Waals surface area contributed by atoms with Crippen molar-refractivity contribution in [3.63, 3.8) is 0 Å². The van der Waals surface area contributed by atoms with Gasteiger partial charge in [-0.05, 0) is 40.0 Å². The van der Waals surface area contributed by atoms with Gasteiger partial charge in [0.2, 0.25) is 15.9 Å². The van der Waals surface area contributed by atoms with Crippen LogP contribution in [0, 0.1) is 0 Å². The van der Waals surface area contributed by atoms with Crippen molar-refractivity contribution in [2.75, 3.05) is 11.9 Å². The van der Waals surface area contributed by atoms with Gasteiger partial charge in [-0.25, -0.2) is 13.1 Å². The molecule has 1 aliphatic rings. The van der Waals surface area contributed by atoms with Crippen LogP contribution in [0.3, 0.4) is 0 Å². The van der Waals surface area contributed by atoms with E-state index >= 15 is 0 Å². The van der Waals surface area contributed by atoms with Crippen molar-refractivity contribution in [3.8, 4) is 0 Å². The van der Waals surface area contributed by atoms with Gasteiger partial charge in [0.25, 0.3) is 0 Å². The van der Waals surface area contributed by atoms with Crippen LogP contribution < -0.4 is 15.8 Å². The number of benzene rings is 1. The first kappa shape index (κ1) is 15.4. The topological polar surface area (TPSA) is 101 Å². The van der Waals surface area contributed by atoms with Crippen LogP contribution in [0.15, 0.2) is 21.5 Å². The maximum absolute atomic E-state index is 12.3. The van der Waals surface area contributed by atoms with Gasteiger partial charge in [0, 0.05) is 22.7 Å². The molecule has 1 aromatic carbocycles. The van der Waals surface area contributed by atoms with Gasteiger partial charge in [-0.2, -0.15) is 0 Å². The highest BCUT2D eigenvalue weighted by Crippen LogP contribution is 2.32. The highest BCUT2D eigenvalue weighted by atomic mass is 79.9. The van der Waals surface area contributed by atoms with Crippen molar-refractivity contribution in [2.45, 2.75) is 30.7 Å². The Hall–Kier alpha value is -0.960. The van der Waals surface area contributed by atoms with Crippen LogP contribution in [0.5, 0.6) is 0 Å². The maximum atomic E-state index is 12.3. The fraction of sp³-hybridized carbons (Fsp3) is 0.417. The van der Waals surface area contributed by atoms with Gasteiger partial charge in [0.1, 0.15) is 0 Å². The van der Waals surface area contributed by atoms with Gasteiger partial charge in [-0.1, -0.05) is 6.92 Å². The summed E-state index contributed by atoms with van der Waals surface area (Å²) >= 11 is 3.23. The van der Waals surface area contributed by atoms with E-state index in [4.69, 9.17) is 5.73 Å². The Morgan fingerprint density at radius 2 is 2.20 bits per heavy atom. The first-order valence-corrected chi connectivity index (χ1v) is 8.48. The van der Waals surface area contributed by atoms with Gasteiger partial charge >= 0.3 is 0 Å². The summed E-state index contributed by atoms with van der Waals surface area (Å²) in [4.78, 5) is 11.4. The minimum Gasteiger partial charge on any atom is -0.327 e. The summed E-state index contributed by atoms with van der Waals surface area (Å²) in [5.41, 5.74) is 7.03. The number of anilines is 1. The van der Waals surface area contributed by atoms with Crippen molar-refractivity contribution in [1.82, 2.24) is 4.72 Å². The molecule has 0 saturated carbocycles. The molecule has 1 aromatic rings. The van der Waals surface area contributed by atoms with E-state index in [1.54, 1.807) is 6.07 Å². The average molecular weight is 362 g/mol. The molecule has 0 aromatic heterocycles. The van der Waals surface area contributed by atoms with Crippen LogP contribution in [-0.2, 0) is 21.2 Å². The fourth-order valence-corrected chi connectivity index (χ4v) is 4.05. The Morgan fingerprint density at radius 1 is 1.50 bits per heavy atom. The number of nitrogens with two attached hydrogens (primary N) is 1. The standard InChI is InChI=1S/C12H16BrN3O3S/c1-2-8(14)6-15-20(18,19)11-3-7-4-12(17)16-10(7)5-9(11)13/h3,5,8,15H,2,4,6,14H2,1H3,(H,16,17). The lowest BCUT2D eigenvalue weighted by Gasteiger charge is -2.13. The second-order valence-corrected chi connectivity index (χ2v) is 7.27. The molecule has 1 atom stereocenters. The first-order valence-electron chi connectivity index (χ1n) is 6.21. The van der Waals surface area contributed by atoms with Gasteiger partial charge in [-0.3, -0.25) is 4.79 Å². The number of halogens is 1. The zero-order valence-corrected chi connectivity index (χ0v) is 13.3. The molecule has 1 amide bonds. The zero-order chi connectivity index (χ0) is 14.9. The van der Waals surface area contributed by atoms with Gasteiger partial charge in [-0.15, -0.1) is 0 Å². The molecule has 4 N–H and O–H groups in total. The minimum absolute atomic E-state index is 0.121. The summed E-state index contributed by atoms with van der Waals surface area (Å²) in [6.07, 6.45) is 0.881. The highest BCUT2D eigenvalue weighted by molar-refractivity contribution is 9.10. The molecule has 0 fully saturated rings. The molecule has 110 valence electrons. The molecule has 1 unspecified atom stereocenters. The third kappa shape index (κ3) is 3.20. The molecule has 1 heterocycles. The number of amides is 1. The van der Waals surface area contributed by atoms with Gasteiger partial charge in [0.15, 0.2) is 0 Å². The number of carbonyl (C=O) groups excluding carboxylic acids is 1. The SMILES string of the molecule is CCC(N)CNS(=O)(=O)c1cc2c(cc1Br)NC(=O)C2. The van der Waals surface area contributed by atoms with Crippen LogP contribution in [0.4, 0.5) is 5.69 Å². The molecule has 1 aliphatic heterocycles. The van der Waals surface area contributed by atoms with Crippen LogP contribution in [0.2, 0.25) is 0 Å². The molecule has 6 nitrogen and oxygen atoms in total. The smallest absolute Gasteiger partial charge is 0.241 e. The first-order chi connectivity index (χ1) is 9.33. The number of hydrogen-bond acceptors (Lipinski definition) is 4. The molecular weight excluding hydrogens is 346 g/mol.